The second-order valence-corrected chi connectivity index (χ2v) is 8.66. The number of ether oxygens (including phenoxy) is 1. The van der Waals surface area contributed by atoms with Gasteiger partial charge in [-0.1, -0.05) is 6.07 Å². The Labute approximate surface area is 170 Å². The van der Waals surface area contributed by atoms with Gasteiger partial charge in [-0.25, -0.2) is 13.2 Å². The number of amides is 1. The SMILES string of the molecule is COC(=O)c1ccc(C)c(S(=O)(=O)Nc2ccc(C(=O)N3CCCCC3)cc2)c1. The second kappa shape index (κ2) is 8.65. The highest BCUT2D eigenvalue weighted by Crippen LogP contribution is 2.22. The topological polar surface area (TPSA) is 92.8 Å². The van der Waals surface area contributed by atoms with Crippen LogP contribution in [0.1, 0.15) is 45.5 Å². The Morgan fingerprint density at radius 3 is 2.21 bits per heavy atom. The zero-order valence-electron chi connectivity index (χ0n) is 16.5. The number of carbonyl (C=O) groups is 2. The number of hydrogen-bond acceptors (Lipinski definition) is 5. The minimum absolute atomic E-state index is 0.00568. The van der Waals surface area contributed by atoms with Crippen molar-refractivity contribution in [3.63, 3.8) is 0 Å². The molecule has 0 spiro atoms. The highest BCUT2D eigenvalue weighted by molar-refractivity contribution is 7.92. The molecule has 29 heavy (non-hydrogen) atoms. The van der Waals surface area contributed by atoms with Gasteiger partial charge < -0.3 is 9.64 Å². The summed E-state index contributed by atoms with van der Waals surface area (Å²) in [5, 5.41) is 0. The maximum Gasteiger partial charge on any atom is 0.337 e. The van der Waals surface area contributed by atoms with Gasteiger partial charge in [-0.3, -0.25) is 9.52 Å². The van der Waals surface area contributed by atoms with Crippen LogP contribution in [-0.4, -0.2) is 45.4 Å². The van der Waals surface area contributed by atoms with Crippen LogP contribution in [0, 0.1) is 6.92 Å². The lowest BCUT2D eigenvalue weighted by molar-refractivity contribution is 0.0600. The fraction of sp³-hybridized carbons (Fsp3) is 0.333. The summed E-state index contributed by atoms with van der Waals surface area (Å²) in [7, 11) is -2.68. The largest absolute Gasteiger partial charge is 0.465 e. The lowest BCUT2D eigenvalue weighted by Gasteiger charge is -2.26. The molecule has 1 aliphatic rings. The third kappa shape index (κ3) is 4.76. The van der Waals surface area contributed by atoms with Crippen LogP contribution >= 0.6 is 0 Å². The Balaban J connectivity index is 1.79. The number of hydrogen-bond donors (Lipinski definition) is 1. The molecule has 0 unspecified atom stereocenters. The standard InChI is InChI=1S/C21H24N2O5S/c1-15-6-7-17(21(25)28-2)14-19(15)29(26,27)22-18-10-8-16(9-11-18)20(24)23-12-4-3-5-13-23/h6-11,14,22H,3-5,12-13H2,1-2H3. The van der Waals surface area contributed by atoms with Crippen molar-refractivity contribution in [2.24, 2.45) is 0 Å². The van der Waals surface area contributed by atoms with E-state index in [1.807, 2.05) is 4.90 Å². The maximum absolute atomic E-state index is 12.8. The number of likely N-dealkylation sites (tertiary alicyclic amines) is 1. The molecular formula is C21H24N2O5S. The lowest BCUT2D eigenvalue weighted by atomic mass is 10.1. The lowest BCUT2D eigenvalue weighted by Crippen LogP contribution is -2.35. The maximum atomic E-state index is 12.8. The monoisotopic (exact) mass is 416 g/mol. The van der Waals surface area contributed by atoms with E-state index in [4.69, 9.17) is 0 Å². The fourth-order valence-corrected chi connectivity index (χ4v) is 4.64. The molecule has 1 aliphatic heterocycles. The van der Waals surface area contributed by atoms with Crippen molar-refractivity contribution in [2.45, 2.75) is 31.1 Å². The van der Waals surface area contributed by atoms with E-state index in [-0.39, 0.29) is 16.4 Å². The molecule has 0 aromatic heterocycles. The van der Waals surface area contributed by atoms with Gasteiger partial charge in [0.25, 0.3) is 15.9 Å². The molecular weight excluding hydrogens is 392 g/mol. The van der Waals surface area contributed by atoms with Crippen LogP contribution < -0.4 is 4.72 Å². The van der Waals surface area contributed by atoms with Gasteiger partial charge in [-0.2, -0.15) is 0 Å². The quantitative estimate of drug-likeness (QED) is 0.756. The summed E-state index contributed by atoms with van der Waals surface area (Å²) in [6, 6.07) is 10.7. The summed E-state index contributed by atoms with van der Waals surface area (Å²) in [6.07, 6.45) is 3.16. The summed E-state index contributed by atoms with van der Waals surface area (Å²) in [5.74, 6) is -0.650. The molecule has 0 bridgehead atoms. The van der Waals surface area contributed by atoms with E-state index in [0.717, 1.165) is 32.4 Å². The van der Waals surface area contributed by atoms with E-state index < -0.39 is 16.0 Å². The van der Waals surface area contributed by atoms with E-state index in [0.29, 0.717) is 16.8 Å². The molecule has 8 heteroatoms. The number of aryl methyl sites for hydroxylation is 1. The van der Waals surface area contributed by atoms with Gasteiger partial charge in [0.1, 0.15) is 0 Å². The summed E-state index contributed by atoms with van der Waals surface area (Å²) in [6.45, 7) is 3.15. The molecule has 7 nitrogen and oxygen atoms in total. The average Bonchev–Trinajstić information content (AvgIpc) is 2.73. The van der Waals surface area contributed by atoms with Crippen molar-refractivity contribution in [2.75, 3.05) is 24.9 Å². The van der Waals surface area contributed by atoms with Gasteiger partial charge in [-0.15, -0.1) is 0 Å². The fourth-order valence-electron chi connectivity index (χ4n) is 3.30. The van der Waals surface area contributed by atoms with Crippen molar-refractivity contribution < 1.29 is 22.7 Å². The van der Waals surface area contributed by atoms with E-state index in [9.17, 15) is 18.0 Å². The van der Waals surface area contributed by atoms with Gasteiger partial charge in [0.15, 0.2) is 0 Å². The Morgan fingerprint density at radius 2 is 1.59 bits per heavy atom. The summed E-state index contributed by atoms with van der Waals surface area (Å²) >= 11 is 0. The first-order valence-corrected chi connectivity index (χ1v) is 10.9. The molecule has 154 valence electrons. The summed E-state index contributed by atoms with van der Waals surface area (Å²) in [4.78, 5) is 26.1. The number of sulfonamides is 1. The van der Waals surface area contributed by atoms with Crippen LogP contribution in [-0.2, 0) is 14.8 Å². The molecule has 1 amide bonds. The molecule has 0 atom stereocenters. The number of benzene rings is 2. The third-order valence-electron chi connectivity index (χ3n) is 4.93. The number of rotatable bonds is 5. The molecule has 1 fully saturated rings. The number of piperidine rings is 1. The Bertz CT molecular complexity index is 1010. The van der Waals surface area contributed by atoms with Crippen molar-refractivity contribution >= 4 is 27.6 Å². The first-order chi connectivity index (χ1) is 13.8. The van der Waals surface area contributed by atoms with Crippen molar-refractivity contribution in [3.05, 3.63) is 59.2 Å². The first-order valence-electron chi connectivity index (χ1n) is 9.43. The minimum Gasteiger partial charge on any atom is -0.465 e. The predicted molar refractivity (Wildman–Crippen MR) is 110 cm³/mol. The number of carbonyl (C=O) groups excluding carboxylic acids is 2. The zero-order chi connectivity index (χ0) is 21.0. The van der Waals surface area contributed by atoms with Gasteiger partial charge in [0, 0.05) is 24.3 Å². The molecule has 2 aromatic rings. The van der Waals surface area contributed by atoms with Crippen LogP contribution in [0.2, 0.25) is 0 Å². The van der Waals surface area contributed by atoms with Crippen molar-refractivity contribution in [1.29, 1.82) is 0 Å². The van der Waals surface area contributed by atoms with Crippen LogP contribution in [0.5, 0.6) is 0 Å². The molecule has 2 aromatic carbocycles. The molecule has 1 heterocycles. The molecule has 1 N–H and O–H groups in total. The molecule has 0 saturated carbocycles. The van der Waals surface area contributed by atoms with E-state index >= 15 is 0 Å². The highest BCUT2D eigenvalue weighted by Gasteiger charge is 2.21. The predicted octanol–water partition coefficient (Wildman–Crippen LogP) is 3.21. The Hall–Kier alpha value is -2.87. The highest BCUT2D eigenvalue weighted by atomic mass is 32.2. The Morgan fingerprint density at radius 1 is 0.966 bits per heavy atom. The summed E-state index contributed by atoms with van der Waals surface area (Å²) in [5.41, 5.74) is 1.52. The normalized spacial score (nSPS) is 14.3. The van der Waals surface area contributed by atoms with Crippen molar-refractivity contribution in [1.82, 2.24) is 4.90 Å². The van der Waals surface area contributed by atoms with Crippen LogP contribution in [0.25, 0.3) is 0 Å². The van der Waals surface area contributed by atoms with Crippen LogP contribution in [0.3, 0.4) is 0 Å². The van der Waals surface area contributed by atoms with Gasteiger partial charge in [0.2, 0.25) is 0 Å². The number of nitrogens with zero attached hydrogens (tertiary/aromatic N) is 1. The zero-order valence-corrected chi connectivity index (χ0v) is 17.3. The van der Waals surface area contributed by atoms with E-state index in [1.165, 1.54) is 19.2 Å². The van der Waals surface area contributed by atoms with E-state index in [1.54, 1.807) is 37.3 Å². The molecule has 1 saturated heterocycles. The summed E-state index contributed by atoms with van der Waals surface area (Å²) < 4.78 is 32.8. The third-order valence-corrected chi connectivity index (χ3v) is 6.45. The molecule has 0 radical (unpaired) electrons. The average molecular weight is 416 g/mol. The second-order valence-electron chi connectivity index (χ2n) is 7.01. The number of esters is 1. The van der Waals surface area contributed by atoms with Gasteiger partial charge >= 0.3 is 5.97 Å². The smallest absolute Gasteiger partial charge is 0.337 e. The molecule has 3 rings (SSSR count). The number of methoxy groups -OCH3 is 1. The number of anilines is 1. The van der Waals surface area contributed by atoms with Gasteiger partial charge in [0.05, 0.1) is 17.6 Å². The molecule has 0 aliphatic carbocycles. The van der Waals surface area contributed by atoms with Crippen molar-refractivity contribution in [3.8, 4) is 0 Å². The van der Waals surface area contributed by atoms with Crippen LogP contribution in [0.4, 0.5) is 5.69 Å². The van der Waals surface area contributed by atoms with Crippen LogP contribution in [0.15, 0.2) is 47.4 Å². The van der Waals surface area contributed by atoms with Gasteiger partial charge in [-0.05, 0) is 68.1 Å². The number of nitrogens with one attached hydrogen (secondary N) is 1. The van der Waals surface area contributed by atoms with E-state index in [2.05, 4.69) is 9.46 Å². The Kier molecular flexibility index (Phi) is 6.22. The minimum atomic E-state index is -3.91. The first kappa shape index (κ1) is 20.9.